The van der Waals surface area contributed by atoms with E-state index in [1.54, 1.807) is 11.8 Å². The van der Waals surface area contributed by atoms with Crippen molar-refractivity contribution in [3.8, 4) is 44.8 Å². The van der Waals surface area contributed by atoms with Gasteiger partial charge in [-0.1, -0.05) is 109 Å². The molecular formula is C36H30N4O2S3. The summed E-state index contributed by atoms with van der Waals surface area (Å²) in [6, 6.07) is 37.0. The van der Waals surface area contributed by atoms with Crippen LogP contribution in [0.2, 0.25) is 0 Å². The minimum absolute atomic E-state index is 0.0839. The van der Waals surface area contributed by atoms with Crippen molar-refractivity contribution in [1.82, 2.24) is 9.97 Å². The highest BCUT2D eigenvalue weighted by Gasteiger charge is 2.11. The van der Waals surface area contributed by atoms with Gasteiger partial charge in [-0.05, 0) is 22.3 Å². The molecule has 0 unspecified atom stereocenters. The van der Waals surface area contributed by atoms with E-state index in [-0.39, 0.29) is 11.8 Å². The number of carbonyl (C=O) groups is 2. The molecule has 2 heterocycles. The fourth-order valence-corrected chi connectivity index (χ4v) is 6.99. The Morgan fingerprint density at radius 3 is 1.27 bits per heavy atom. The molecule has 2 aromatic heterocycles. The molecule has 9 heteroatoms. The maximum absolute atomic E-state index is 12.5. The number of rotatable bonds is 12. The van der Waals surface area contributed by atoms with Crippen molar-refractivity contribution >= 4 is 56.5 Å². The second-order valence-electron chi connectivity index (χ2n) is 10.2. The zero-order valence-electron chi connectivity index (χ0n) is 24.3. The lowest BCUT2D eigenvalue weighted by atomic mass is 10.0. The summed E-state index contributed by atoms with van der Waals surface area (Å²) in [5.41, 5.74) is 8.33. The van der Waals surface area contributed by atoms with Crippen LogP contribution in [0, 0.1) is 0 Å². The lowest BCUT2D eigenvalue weighted by Crippen LogP contribution is -2.13. The Balaban J connectivity index is 0.892. The summed E-state index contributed by atoms with van der Waals surface area (Å²) >= 11 is 4.41. The van der Waals surface area contributed by atoms with Gasteiger partial charge in [0.25, 0.3) is 0 Å². The molecule has 2 N–H and O–H groups in total. The second-order valence-corrected chi connectivity index (χ2v) is 13.1. The molecule has 0 atom stereocenters. The highest BCUT2D eigenvalue weighted by atomic mass is 32.2. The number of hydrogen-bond donors (Lipinski definition) is 2. The Labute approximate surface area is 274 Å². The van der Waals surface area contributed by atoms with Gasteiger partial charge in [0.15, 0.2) is 10.3 Å². The number of thioether (sulfide) groups is 1. The molecule has 0 fully saturated rings. The number of hydrogen-bond acceptors (Lipinski definition) is 7. The van der Waals surface area contributed by atoms with Gasteiger partial charge in [0.05, 0.1) is 11.4 Å². The van der Waals surface area contributed by atoms with Gasteiger partial charge in [-0.25, -0.2) is 9.97 Å². The molecule has 0 spiro atoms. The molecule has 2 amide bonds. The maximum Gasteiger partial charge on any atom is 0.226 e. The number of benzene rings is 4. The summed E-state index contributed by atoms with van der Waals surface area (Å²) in [6.45, 7) is 0. The van der Waals surface area contributed by atoms with E-state index in [4.69, 9.17) is 0 Å². The van der Waals surface area contributed by atoms with Crippen molar-refractivity contribution in [1.29, 1.82) is 0 Å². The van der Waals surface area contributed by atoms with Crippen LogP contribution in [0.15, 0.2) is 120 Å². The van der Waals surface area contributed by atoms with Crippen LogP contribution >= 0.6 is 34.4 Å². The lowest BCUT2D eigenvalue weighted by Gasteiger charge is -2.04. The third-order valence-corrected chi connectivity index (χ3v) is 9.52. The molecule has 0 aliphatic rings. The van der Waals surface area contributed by atoms with Crippen LogP contribution in [0.4, 0.5) is 10.3 Å². The normalized spacial score (nSPS) is 10.8. The Hall–Kier alpha value is -4.57. The molecule has 4 aromatic carbocycles. The summed E-state index contributed by atoms with van der Waals surface area (Å²) in [5, 5.41) is 10.9. The van der Waals surface area contributed by atoms with Crippen molar-refractivity contribution in [2.24, 2.45) is 0 Å². The molecular weight excluding hydrogens is 617 g/mol. The highest BCUT2D eigenvalue weighted by Crippen LogP contribution is 2.29. The van der Waals surface area contributed by atoms with E-state index in [9.17, 15) is 9.59 Å². The van der Waals surface area contributed by atoms with Gasteiger partial charge < -0.3 is 10.6 Å². The summed E-state index contributed by atoms with van der Waals surface area (Å²) in [5.74, 6) is 1.08. The second kappa shape index (κ2) is 14.9. The molecule has 0 aliphatic heterocycles. The minimum atomic E-state index is -0.0839. The topological polar surface area (TPSA) is 84.0 Å². The van der Waals surface area contributed by atoms with E-state index in [0.29, 0.717) is 34.6 Å². The standard InChI is InChI=1S/C36H30N4O2S3/c41-33(39-35-37-31(23-44-35)29-15-11-27(12-16-29)25-7-3-1-4-8-25)19-21-43-22-20-34(42)40-36-38-32(24-45-36)30-17-13-28(14-18-30)26-9-5-2-6-10-26/h1-18,23-24H,19-22H2,(H,37,39,41)(H,38,40,42). The minimum Gasteiger partial charge on any atom is -0.302 e. The first-order valence-electron chi connectivity index (χ1n) is 14.5. The average molecular weight is 647 g/mol. The van der Waals surface area contributed by atoms with E-state index in [0.717, 1.165) is 33.6 Å². The number of nitrogens with one attached hydrogen (secondary N) is 2. The van der Waals surface area contributed by atoms with Crippen LogP contribution in [-0.2, 0) is 9.59 Å². The molecule has 6 rings (SSSR count). The summed E-state index contributed by atoms with van der Waals surface area (Å²) in [4.78, 5) is 34.1. The van der Waals surface area contributed by atoms with Crippen molar-refractivity contribution < 1.29 is 9.59 Å². The van der Waals surface area contributed by atoms with Crippen molar-refractivity contribution in [2.45, 2.75) is 12.8 Å². The zero-order chi connectivity index (χ0) is 30.8. The first-order valence-corrected chi connectivity index (χ1v) is 17.4. The Morgan fingerprint density at radius 2 is 0.867 bits per heavy atom. The molecule has 6 aromatic rings. The van der Waals surface area contributed by atoms with Gasteiger partial charge in [-0.15, -0.1) is 22.7 Å². The van der Waals surface area contributed by atoms with Crippen LogP contribution in [0.25, 0.3) is 44.8 Å². The Morgan fingerprint density at radius 1 is 0.511 bits per heavy atom. The highest BCUT2D eigenvalue weighted by molar-refractivity contribution is 7.99. The van der Waals surface area contributed by atoms with Gasteiger partial charge in [0.2, 0.25) is 11.8 Å². The molecule has 0 aliphatic carbocycles. The first-order chi connectivity index (χ1) is 22.1. The monoisotopic (exact) mass is 646 g/mol. The number of thiazole rings is 2. The predicted molar refractivity (Wildman–Crippen MR) is 190 cm³/mol. The van der Waals surface area contributed by atoms with Crippen LogP contribution in [0.1, 0.15) is 12.8 Å². The van der Waals surface area contributed by atoms with Crippen molar-refractivity contribution in [3.05, 3.63) is 120 Å². The summed E-state index contributed by atoms with van der Waals surface area (Å²) < 4.78 is 0. The van der Waals surface area contributed by atoms with Gasteiger partial charge in [0, 0.05) is 46.2 Å². The molecule has 0 bridgehead atoms. The molecule has 224 valence electrons. The molecule has 6 nitrogen and oxygen atoms in total. The van der Waals surface area contributed by atoms with E-state index in [1.807, 2.05) is 71.4 Å². The number of amides is 2. The fourth-order valence-electron chi connectivity index (χ4n) is 4.65. The summed E-state index contributed by atoms with van der Waals surface area (Å²) in [7, 11) is 0. The smallest absolute Gasteiger partial charge is 0.226 e. The lowest BCUT2D eigenvalue weighted by molar-refractivity contribution is -0.116. The number of aromatic nitrogens is 2. The van der Waals surface area contributed by atoms with Crippen molar-refractivity contribution in [3.63, 3.8) is 0 Å². The Bertz CT molecular complexity index is 1720. The molecule has 0 saturated heterocycles. The maximum atomic E-state index is 12.5. The molecule has 0 saturated carbocycles. The molecule has 45 heavy (non-hydrogen) atoms. The van der Waals surface area contributed by atoms with Gasteiger partial charge in [-0.3, -0.25) is 9.59 Å². The SMILES string of the molecule is O=C(CCSCCC(=O)Nc1nc(-c2ccc(-c3ccccc3)cc2)cs1)Nc1nc(-c2ccc(-c3ccccc3)cc2)cs1. The number of nitrogens with zero attached hydrogens (tertiary/aromatic N) is 2. The van der Waals surface area contributed by atoms with E-state index < -0.39 is 0 Å². The third-order valence-electron chi connectivity index (χ3n) is 7.02. The first kappa shape index (κ1) is 30.5. The third kappa shape index (κ3) is 8.33. The number of carbonyl (C=O) groups excluding carboxylic acids is 2. The van der Waals surface area contributed by atoms with E-state index in [1.165, 1.54) is 33.8 Å². The van der Waals surface area contributed by atoms with E-state index >= 15 is 0 Å². The largest absolute Gasteiger partial charge is 0.302 e. The van der Waals surface area contributed by atoms with Crippen LogP contribution in [-0.4, -0.2) is 33.3 Å². The van der Waals surface area contributed by atoms with Crippen LogP contribution < -0.4 is 10.6 Å². The zero-order valence-corrected chi connectivity index (χ0v) is 26.8. The summed E-state index contributed by atoms with van der Waals surface area (Å²) in [6.07, 6.45) is 0.706. The van der Waals surface area contributed by atoms with Crippen LogP contribution in [0.5, 0.6) is 0 Å². The van der Waals surface area contributed by atoms with E-state index in [2.05, 4.69) is 69.1 Å². The Kier molecular flexibility index (Phi) is 10.1. The predicted octanol–water partition coefficient (Wildman–Crippen LogP) is 9.36. The van der Waals surface area contributed by atoms with Gasteiger partial charge in [0.1, 0.15) is 0 Å². The fraction of sp³-hybridized carbons (Fsp3) is 0.111. The quantitative estimate of drug-likeness (QED) is 0.130. The average Bonchev–Trinajstić information content (AvgIpc) is 3.75. The van der Waals surface area contributed by atoms with Crippen molar-refractivity contribution in [2.75, 3.05) is 22.1 Å². The van der Waals surface area contributed by atoms with Gasteiger partial charge >= 0.3 is 0 Å². The molecule has 0 radical (unpaired) electrons. The van der Waals surface area contributed by atoms with Crippen LogP contribution in [0.3, 0.4) is 0 Å². The van der Waals surface area contributed by atoms with Gasteiger partial charge in [-0.2, -0.15) is 11.8 Å². The number of anilines is 2.